The summed E-state index contributed by atoms with van der Waals surface area (Å²) in [4.78, 5) is 36.0. The molecule has 31 heavy (non-hydrogen) atoms. The van der Waals surface area contributed by atoms with Gasteiger partial charge in [0.2, 0.25) is 12.7 Å². The van der Waals surface area contributed by atoms with Crippen molar-refractivity contribution in [1.82, 2.24) is 5.32 Å². The number of amides is 1. The third kappa shape index (κ3) is 6.37. The summed E-state index contributed by atoms with van der Waals surface area (Å²) in [5, 5.41) is 13.0. The quantitative estimate of drug-likeness (QED) is 0.382. The van der Waals surface area contributed by atoms with Crippen LogP contribution in [0.3, 0.4) is 0 Å². The average Bonchev–Trinajstić information content (AvgIpc) is 2.74. The second-order valence-corrected chi connectivity index (χ2v) is 7.75. The number of hydrogen-bond donors (Lipinski definition) is 2. The number of para-hydroxylation sites is 1. The van der Waals surface area contributed by atoms with Crippen LogP contribution in [0.2, 0.25) is 0 Å². The van der Waals surface area contributed by atoms with E-state index in [0.29, 0.717) is 24.8 Å². The Kier molecular flexibility index (Phi) is 8.16. The molecular weight excluding hydrogens is 405 g/mol. The highest BCUT2D eigenvalue weighted by atomic mass is 16.8. The fourth-order valence-electron chi connectivity index (χ4n) is 3.78. The molecule has 1 aliphatic carbocycles. The van der Waals surface area contributed by atoms with Crippen molar-refractivity contribution in [3.05, 3.63) is 29.3 Å². The first-order valence-electron chi connectivity index (χ1n) is 10.7. The molecule has 0 radical (unpaired) electrons. The van der Waals surface area contributed by atoms with Gasteiger partial charge in [-0.05, 0) is 50.2 Å². The van der Waals surface area contributed by atoms with Crippen molar-refractivity contribution < 1.29 is 38.3 Å². The van der Waals surface area contributed by atoms with Crippen LogP contribution in [0.1, 0.15) is 67.8 Å². The van der Waals surface area contributed by atoms with Crippen LogP contribution < -0.4 is 9.97 Å². The minimum absolute atomic E-state index is 0.0964. The zero-order chi connectivity index (χ0) is 22.2. The second kappa shape index (κ2) is 11.0. The fraction of sp³-hybridized carbons (Fsp3) is 0.571. The molecule has 10 heteroatoms. The number of fused-ring (bicyclic) bond motifs is 1. The Morgan fingerprint density at radius 2 is 1.97 bits per heavy atom. The summed E-state index contributed by atoms with van der Waals surface area (Å²) in [6.07, 6.45) is 5.11. The van der Waals surface area contributed by atoms with Crippen LogP contribution in [0.4, 0.5) is 4.79 Å². The van der Waals surface area contributed by atoms with Crippen LogP contribution >= 0.6 is 0 Å². The molecule has 3 rings (SSSR count). The van der Waals surface area contributed by atoms with Gasteiger partial charge in [0.15, 0.2) is 0 Å². The molecule has 1 atom stereocenters. The van der Waals surface area contributed by atoms with Crippen molar-refractivity contribution in [2.75, 3.05) is 6.79 Å². The number of benzene rings is 1. The van der Waals surface area contributed by atoms with Gasteiger partial charge in [-0.15, -0.1) is 0 Å². The highest BCUT2D eigenvalue weighted by molar-refractivity contribution is 6.47. The predicted molar refractivity (Wildman–Crippen MR) is 110 cm³/mol. The predicted octanol–water partition coefficient (Wildman–Crippen LogP) is 2.53. The van der Waals surface area contributed by atoms with Crippen LogP contribution in [-0.4, -0.2) is 49.0 Å². The summed E-state index contributed by atoms with van der Waals surface area (Å²) in [6, 6.07) is 4.89. The van der Waals surface area contributed by atoms with Gasteiger partial charge in [0.1, 0.15) is 17.4 Å². The summed E-state index contributed by atoms with van der Waals surface area (Å²) in [6.45, 7) is 1.30. The number of rotatable bonds is 7. The van der Waals surface area contributed by atoms with Crippen molar-refractivity contribution >= 4 is 25.2 Å². The molecule has 1 fully saturated rings. The van der Waals surface area contributed by atoms with Crippen molar-refractivity contribution in [3.63, 3.8) is 0 Å². The van der Waals surface area contributed by atoms with Gasteiger partial charge in [0.25, 0.3) is 0 Å². The zero-order valence-electron chi connectivity index (χ0n) is 17.6. The molecule has 1 heterocycles. The van der Waals surface area contributed by atoms with Gasteiger partial charge in [0, 0.05) is 6.42 Å². The highest BCUT2D eigenvalue weighted by Gasteiger charge is 2.37. The molecule has 9 nitrogen and oxygen atoms in total. The monoisotopic (exact) mass is 433 g/mol. The largest absolute Gasteiger partial charge is 0.547 e. The number of hydrogen-bond acceptors (Lipinski definition) is 8. The standard InChI is InChI=1S/C21H28BNO8/c1-2-7-18(24)23-17-12-14-8-6-11-16(19(14)31-22(17)27)20(25)28-13-29-21(26)30-15-9-4-3-5-10-15/h6,8,11,15,17,27H,2-5,7,9-10,12-13H2,1H3,(H,23,24)/t17-/m0/s1. The minimum Gasteiger partial charge on any atom is -0.534 e. The van der Waals surface area contributed by atoms with E-state index in [1.165, 1.54) is 6.07 Å². The Labute approximate surface area is 181 Å². The van der Waals surface area contributed by atoms with E-state index in [1.807, 2.05) is 6.92 Å². The van der Waals surface area contributed by atoms with E-state index in [4.69, 9.17) is 18.9 Å². The summed E-state index contributed by atoms with van der Waals surface area (Å²) < 4.78 is 20.6. The number of esters is 1. The fourth-order valence-corrected chi connectivity index (χ4v) is 3.78. The maximum absolute atomic E-state index is 12.5. The topological polar surface area (TPSA) is 120 Å². The molecule has 168 valence electrons. The normalized spacial score (nSPS) is 18.4. The summed E-state index contributed by atoms with van der Waals surface area (Å²) in [7, 11) is -1.30. The summed E-state index contributed by atoms with van der Waals surface area (Å²) >= 11 is 0. The molecule has 0 bridgehead atoms. The van der Waals surface area contributed by atoms with Gasteiger partial charge in [-0.25, -0.2) is 9.59 Å². The van der Waals surface area contributed by atoms with Gasteiger partial charge >= 0.3 is 19.2 Å². The van der Waals surface area contributed by atoms with Gasteiger partial charge < -0.3 is 29.2 Å². The molecule has 0 saturated heterocycles. The lowest BCUT2D eigenvalue weighted by atomic mass is 9.72. The minimum atomic E-state index is -1.30. The van der Waals surface area contributed by atoms with E-state index in [0.717, 1.165) is 32.1 Å². The molecule has 1 amide bonds. The summed E-state index contributed by atoms with van der Waals surface area (Å²) in [5.41, 5.74) is 0.748. The van der Waals surface area contributed by atoms with E-state index < -0.39 is 32.0 Å². The Morgan fingerprint density at radius 1 is 1.19 bits per heavy atom. The first kappa shape index (κ1) is 22.9. The van der Waals surface area contributed by atoms with Gasteiger partial charge in [-0.1, -0.05) is 25.5 Å². The van der Waals surface area contributed by atoms with Gasteiger partial charge in [-0.3, -0.25) is 4.79 Å². The lowest BCUT2D eigenvalue weighted by molar-refractivity contribution is -0.121. The molecule has 0 aromatic heterocycles. The van der Waals surface area contributed by atoms with Crippen LogP contribution in [-0.2, 0) is 25.4 Å². The van der Waals surface area contributed by atoms with Crippen molar-refractivity contribution in [3.8, 4) is 5.75 Å². The van der Waals surface area contributed by atoms with Crippen LogP contribution in [0.5, 0.6) is 5.75 Å². The number of carbonyl (C=O) groups excluding carboxylic acids is 3. The van der Waals surface area contributed by atoms with E-state index >= 15 is 0 Å². The number of carbonyl (C=O) groups is 3. The number of ether oxygens (including phenoxy) is 3. The highest BCUT2D eigenvalue weighted by Crippen LogP contribution is 2.30. The van der Waals surface area contributed by atoms with Crippen LogP contribution in [0.25, 0.3) is 0 Å². The lowest BCUT2D eigenvalue weighted by Crippen LogP contribution is -2.53. The Balaban J connectivity index is 1.53. The third-order valence-corrected chi connectivity index (χ3v) is 5.34. The van der Waals surface area contributed by atoms with Crippen molar-refractivity contribution in [2.24, 2.45) is 0 Å². The van der Waals surface area contributed by atoms with Gasteiger partial charge in [-0.2, -0.15) is 0 Å². The van der Waals surface area contributed by atoms with E-state index in [1.54, 1.807) is 12.1 Å². The first-order chi connectivity index (χ1) is 15.0. The second-order valence-electron chi connectivity index (χ2n) is 7.75. The molecule has 0 unspecified atom stereocenters. The molecule has 0 spiro atoms. The molecule has 1 aromatic rings. The van der Waals surface area contributed by atoms with E-state index in [-0.39, 0.29) is 23.3 Å². The summed E-state index contributed by atoms with van der Waals surface area (Å²) in [5.74, 6) is -1.36. The average molecular weight is 433 g/mol. The molecule has 2 aliphatic rings. The third-order valence-electron chi connectivity index (χ3n) is 5.34. The smallest absolute Gasteiger partial charge is 0.534 e. The number of nitrogens with one attached hydrogen (secondary N) is 1. The van der Waals surface area contributed by atoms with Crippen LogP contribution in [0, 0.1) is 0 Å². The van der Waals surface area contributed by atoms with Crippen molar-refractivity contribution in [2.45, 2.75) is 70.3 Å². The lowest BCUT2D eigenvalue weighted by Gasteiger charge is -2.29. The Hall–Kier alpha value is -2.75. The zero-order valence-corrected chi connectivity index (χ0v) is 17.6. The van der Waals surface area contributed by atoms with Gasteiger partial charge in [0.05, 0.1) is 5.94 Å². The molecule has 1 aliphatic heterocycles. The maximum Gasteiger partial charge on any atom is 0.547 e. The maximum atomic E-state index is 12.5. The molecular formula is C21H28BNO8. The Bertz CT molecular complexity index is 796. The molecule has 1 aromatic carbocycles. The Morgan fingerprint density at radius 3 is 2.71 bits per heavy atom. The molecule has 1 saturated carbocycles. The first-order valence-corrected chi connectivity index (χ1v) is 10.7. The molecule has 2 N–H and O–H groups in total. The van der Waals surface area contributed by atoms with E-state index in [9.17, 15) is 19.4 Å². The van der Waals surface area contributed by atoms with E-state index in [2.05, 4.69) is 5.32 Å². The van der Waals surface area contributed by atoms with Crippen LogP contribution in [0.15, 0.2) is 18.2 Å². The van der Waals surface area contributed by atoms with Crippen molar-refractivity contribution in [1.29, 1.82) is 0 Å². The SMILES string of the molecule is CCCC(=O)N[C@H]1Cc2cccc(C(=O)OCOC(=O)OC3CCCCC3)c2OB1O.